The fraction of sp³-hybridized carbons (Fsp3) is 0.125. The molecule has 2 rings (SSSR count). The van der Waals surface area contributed by atoms with Gasteiger partial charge in [-0.2, -0.15) is 18.3 Å². The maximum atomic E-state index is 12.7. The molecule has 0 fully saturated rings. The SMILES string of the molecule is C/C(=N\NC(=S)Nc1cccc(C(F)(F)F)c1)c1ccccc1O. The van der Waals surface area contributed by atoms with Crippen molar-refractivity contribution in [2.24, 2.45) is 5.10 Å². The van der Waals surface area contributed by atoms with E-state index in [1.165, 1.54) is 18.2 Å². The van der Waals surface area contributed by atoms with Crippen LogP contribution < -0.4 is 10.7 Å². The Labute approximate surface area is 142 Å². The van der Waals surface area contributed by atoms with E-state index in [-0.39, 0.29) is 16.5 Å². The lowest BCUT2D eigenvalue weighted by Crippen LogP contribution is -2.25. The number of nitrogens with one attached hydrogen (secondary N) is 2. The summed E-state index contributed by atoms with van der Waals surface area (Å²) in [5.41, 5.74) is 2.94. The van der Waals surface area contributed by atoms with Gasteiger partial charge in [-0.1, -0.05) is 18.2 Å². The van der Waals surface area contributed by atoms with Gasteiger partial charge in [0.25, 0.3) is 0 Å². The molecule has 0 aliphatic carbocycles. The third kappa shape index (κ3) is 4.69. The molecule has 4 nitrogen and oxygen atoms in total. The van der Waals surface area contributed by atoms with Crippen LogP contribution >= 0.6 is 12.2 Å². The van der Waals surface area contributed by atoms with E-state index >= 15 is 0 Å². The van der Waals surface area contributed by atoms with Crippen molar-refractivity contribution in [1.29, 1.82) is 0 Å². The fourth-order valence-corrected chi connectivity index (χ4v) is 2.07. The average Bonchev–Trinajstić information content (AvgIpc) is 2.52. The number of hydrogen-bond donors (Lipinski definition) is 3. The number of halogens is 3. The van der Waals surface area contributed by atoms with Gasteiger partial charge in [0, 0.05) is 11.3 Å². The number of anilines is 1. The van der Waals surface area contributed by atoms with E-state index in [9.17, 15) is 18.3 Å². The maximum Gasteiger partial charge on any atom is 0.416 e. The highest BCUT2D eigenvalue weighted by atomic mass is 32.1. The van der Waals surface area contributed by atoms with Crippen molar-refractivity contribution in [3.63, 3.8) is 0 Å². The molecule has 0 atom stereocenters. The minimum Gasteiger partial charge on any atom is -0.507 e. The summed E-state index contributed by atoms with van der Waals surface area (Å²) < 4.78 is 38.0. The number of rotatable bonds is 3. The van der Waals surface area contributed by atoms with Gasteiger partial charge >= 0.3 is 6.18 Å². The van der Waals surface area contributed by atoms with E-state index in [0.29, 0.717) is 11.3 Å². The molecule has 0 amide bonds. The Kier molecular flexibility index (Phi) is 5.40. The molecule has 0 heterocycles. The van der Waals surface area contributed by atoms with E-state index in [0.717, 1.165) is 12.1 Å². The standard InChI is InChI=1S/C16H14F3N3OS/c1-10(13-7-2-3-8-14(13)23)21-22-15(24)20-12-6-4-5-11(9-12)16(17,18)19/h2-9,23H,1H3,(H2,20,22,24)/b21-10+. The largest absolute Gasteiger partial charge is 0.507 e. The van der Waals surface area contributed by atoms with Gasteiger partial charge in [-0.25, -0.2) is 0 Å². The van der Waals surface area contributed by atoms with E-state index < -0.39 is 11.7 Å². The molecule has 0 saturated carbocycles. The number of thiocarbonyl (C=S) groups is 1. The Balaban J connectivity index is 2.04. The van der Waals surface area contributed by atoms with Crippen LogP contribution in [-0.2, 0) is 6.18 Å². The number of hydrogen-bond acceptors (Lipinski definition) is 3. The first-order valence-electron chi connectivity index (χ1n) is 6.84. The lowest BCUT2D eigenvalue weighted by atomic mass is 10.1. The second kappa shape index (κ2) is 7.31. The summed E-state index contributed by atoms with van der Waals surface area (Å²) >= 11 is 5.00. The monoisotopic (exact) mass is 353 g/mol. The molecule has 0 bridgehead atoms. The van der Waals surface area contributed by atoms with Crippen LogP contribution in [-0.4, -0.2) is 15.9 Å². The predicted molar refractivity (Wildman–Crippen MR) is 91.1 cm³/mol. The minimum atomic E-state index is -4.42. The second-order valence-corrected chi connectivity index (χ2v) is 5.27. The van der Waals surface area contributed by atoms with Gasteiger partial charge in [-0.15, -0.1) is 0 Å². The normalized spacial score (nSPS) is 11.9. The first-order valence-corrected chi connectivity index (χ1v) is 7.25. The minimum absolute atomic E-state index is 0.0316. The van der Waals surface area contributed by atoms with Gasteiger partial charge in [0.05, 0.1) is 11.3 Å². The highest BCUT2D eigenvalue weighted by Crippen LogP contribution is 2.30. The van der Waals surface area contributed by atoms with Crippen molar-refractivity contribution in [2.75, 3.05) is 5.32 Å². The summed E-state index contributed by atoms with van der Waals surface area (Å²) in [7, 11) is 0. The fourth-order valence-electron chi connectivity index (χ4n) is 1.91. The molecule has 2 aromatic rings. The molecule has 24 heavy (non-hydrogen) atoms. The first kappa shape index (κ1) is 17.7. The number of phenols is 1. The molecular weight excluding hydrogens is 339 g/mol. The molecular formula is C16H14F3N3OS. The van der Waals surface area contributed by atoms with Crippen molar-refractivity contribution < 1.29 is 18.3 Å². The highest BCUT2D eigenvalue weighted by molar-refractivity contribution is 7.80. The summed E-state index contributed by atoms with van der Waals surface area (Å²) in [5, 5.41) is 16.4. The Hall–Kier alpha value is -2.61. The summed E-state index contributed by atoms with van der Waals surface area (Å²) in [5.74, 6) is 0.0669. The van der Waals surface area contributed by atoms with Crippen molar-refractivity contribution in [3.8, 4) is 5.75 Å². The van der Waals surface area contributed by atoms with E-state index in [1.807, 2.05) is 0 Å². The van der Waals surface area contributed by atoms with Crippen LogP contribution in [0.15, 0.2) is 53.6 Å². The van der Waals surface area contributed by atoms with Gasteiger partial charge in [-0.3, -0.25) is 5.43 Å². The molecule has 126 valence electrons. The van der Waals surface area contributed by atoms with Gasteiger partial charge in [0.2, 0.25) is 0 Å². The number of alkyl halides is 3. The molecule has 0 saturated heterocycles. The number of nitrogens with zero attached hydrogens (tertiary/aromatic N) is 1. The van der Waals surface area contributed by atoms with Crippen molar-refractivity contribution in [2.45, 2.75) is 13.1 Å². The van der Waals surface area contributed by atoms with E-state index in [1.54, 1.807) is 25.1 Å². The Bertz CT molecular complexity index is 775. The van der Waals surface area contributed by atoms with Gasteiger partial charge < -0.3 is 10.4 Å². The molecule has 3 N–H and O–H groups in total. The molecule has 0 radical (unpaired) electrons. The van der Waals surface area contributed by atoms with Gasteiger partial charge in [-0.05, 0) is 49.5 Å². The molecule has 2 aromatic carbocycles. The van der Waals surface area contributed by atoms with E-state index in [2.05, 4.69) is 15.8 Å². The van der Waals surface area contributed by atoms with Crippen LogP contribution in [0.1, 0.15) is 18.1 Å². The number of hydrazone groups is 1. The summed E-state index contributed by atoms with van der Waals surface area (Å²) in [6.45, 7) is 1.66. The average molecular weight is 353 g/mol. The summed E-state index contributed by atoms with van der Waals surface area (Å²) in [6, 6.07) is 11.3. The number of aromatic hydroxyl groups is 1. The quantitative estimate of drug-likeness (QED) is 0.441. The lowest BCUT2D eigenvalue weighted by Gasteiger charge is -2.11. The number of benzene rings is 2. The molecule has 0 aliphatic rings. The zero-order valence-corrected chi connectivity index (χ0v) is 13.4. The topological polar surface area (TPSA) is 56.7 Å². The zero-order valence-electron chi connectivity index (χ0n) is 12.6. The highest BCUT2D eigenvalue weighted by Gasteiger charge is 2.30. The van der Waals surface area contributed by atoms with Crippen LogP contribution in [0.4, 0.5) is 18.9 Å². The second-order valence-electron chi connectivity index (χ2n) is 4.86. The maximum absolute atomic E-state index is 12.7. The molecule has 0 spiro atoms. The molecule has 0 aromatic heterocycles. The van der Waals surface area contributed by atoms with Crippen molar-refractivity contribution >= 4 is 28.7 Å². The van der Waals surface area contributed by atoms with Crippen molar-refractivity contribution in [1.82, 2.24) is 5.43 Å². The first-order chi connectivity index (χ1) is 11.3. The predicted octanol–water partition coefficient (Wildman–Crippen LogP) is 4.12. The summed E-state index contributed by atoms with van der Waals surface area (Å²) in [4.78, 5) is 0. The third-order valence-corrected chi connectivity index (χ3v) is 3.26. The Morgan fingerprint density at radius 3 is 2.50 bits per heavy atom. The third-order valence-electron chi connectivity index (χ3n) is 3.07. The van der Waals surface area contributed by atoms with Crippen LogP contribution in [0.5, 0.6) is 5.75 Å². The zero-order chi connectivity index (χ0) is 17.7. The van der Waals surface area contributed by atoms with Gasteiger partial charge in [0.1, 0.15) is 5.75 Å². The molecule has 8 heteroatoms. The smallest absolute Gasteiger partial charge is 0.416 e. The number of para-hydroxylation sites is 1. The van der Waals surface area contributed by atoms with Gasteiger partial charge in [0.15, 0.2) is 5.11 Å². The molecule has 0 unspecified atom stereocenters. The number of phenolic OH excluding ortho intramolecular Hbond substituents is 1. The van der Waals surface area contributed by atoms with Crippen LogP contribution in [0.25, 0.3) is 0 Å². The van der Waals surface area contributed by atoms with Crippen LogP contribution in [0.2, 0.25) is 0 Å². The Morgan fingerprint density at radius 1 is 1.12 bits per heavy atom. The van der Waals surface area contributed by atoms with E-state index in [4.69, 9.17) is 12.2 Å². The molecule has 0 aliphatic heterocycles. The van der Waals surface area contributed by atoms with Crippen molar-refractivity contribution in [3.05, 3.63) is 59.7 Å². The van der Waals surface area contributed by atoms with Crippen LogP contribution in [0.3, 0.4) is 0 Å². The lowest BCUT2D eigenvalue weighted by molar-refractivity contribution is -0.137. The van der Waals surface area contributed by atoms with Crippen LogP contribution in [0, 0.1) is 0 Å². The summed E-state index contributed by atoms with van der Waals surface area (Å²) in [6.07, 6.45) is -4.42. The Morgan fingerprint density at radius 2 is 1.83 bits per heavy atom.